The van der Waals surface area contributed by atoms with Crippen LogP contribution < -0.4 is 5.32 Å². The van der Waals surface area contributed by atoms with E-state index in [1.54, 1.807) is 20.8 Å². The Hall–Kier alpha value is -0.650. The topological polar surface area (TPSA) is 78.5 Å². The average molecular weight is 232 g/mol. The van der Waals surface area contributed by atoms with Crippen molar-refractivity contribution in [2.45, 2.75) is 39.2 Å². The van der Waals surface area contributed by atoms with Crippen molar-refractivity contribution in [1.82, 2.24) is 5.32 Å². The fraction of sp³-hybridized carbons (Fsp3) is 0.917. The number of piperidine rings is 1. The predicted octanol–water partition coefficient (Wildman–Crippen LogP) is 0.737. The highest BCUT2D eigenvalue weighted by molar-refractivity contribution is 5.70. The number of esters is 1. The minimum atomic E-state index is -0.794. The monoisotopic (exact) mass is 232 g/mol. The van der Waals surface area contributed by atoms with Crippen LogP contribution in [0.2, 0.25) is 0 Å². The summed E-state index contributed by atoms with van der Waals surface area (Å²) in [6.45, 7) is 6.93. The van der Waals surface area contributed by atoms with Gasteiger partial charge in [-0.15, -0.1) is 0 Å². The molecule has 101 valence electrons. The summed E-state index contributed by atoms with van der Waals surface area (Å²) in [7, 11) is 0. The molecule has 1 aliphatic heterocycles. The van der Waals surface area contributed by atoms with E-state index in [1.165, 1.54) is 0 Å². The van der Waals surface area contributed by atoms with Crippen LogP contribution in [0.4, 0.5) is 0 Å². The van der Waals surface area contributed by atoms with Gasteiger partial charge in [-0.1, -0.05) is 0 Å². The van der Waals surface area contributed by atoms with Gasteiger partial charge in [0.15, 0.2) is 6.61 Å². The molecule has 0 spiro atoms. The quantitative estimate of drug-likeness (QED) is 0.688. The van der Waals surface area contributed by atoms with Gasteiger partial charge in [-0.2, -0.15) is 0 Å². The lowest BCUT2D eigenvalue weighted by atomic mass is 1.90. The van der Waals surface area contributed by atoms with Gasteiger partial charge in [0.1, 0.15) is 5.60 Å². The lowest BCUT2D eigenvalue weighted by molar-refractivity contribution is -0.160. The summed E-state index contributed by atoms with van der Waals surface area (Å²) in [5, 5.41) is 21.7. The number of aliphatic hydroxyl groups is 1. The molecule has 0 aromatic heterocycles. The van der Waals surface area contributed by atoms with E-state index in [9.17, 15) is 9.90 Å². The molecule has 1 aliphatic rings. The summed E-state index contributed by atoms with van der Waals surface area (Å²) in [5.41, 5.74) is -0.526. The first-order valence-electron chi connectivity index (χ1n) is 6.00. The SMILES string of the molecule is CC(C)(C)OC(=O)C[2O].OCC1CCNCC1. The first-order valence-corrected chi connectivity index (χ1v) is 6.00. The van der Waals surface area contributed by atoms with Gasteiger partial charge in [0, 0.05) is 6.61 Å². The van der Waals surface area contributed by atoms with E-state index in [1.807, 2.05) is 0 Å². The molecule has 0 saturated carbocycles. The van der Waals surface area contributed by atoms with Gasteiger partial charge in [-0.25, -0.2) is 9.90 Å². The highest BCUT2D eigenvalue weighted by Crippen LogP contribution is 2.08. The van der Waals surface area contributed by atoms with Crippen molar-refractivity contribution in [3.8, 4) is 0 Å². The Kier molecular flexibility index (Phi) is 8.12. The lowest BCUT2D eigenvalue weighted by Crippen LogP contribution is -2.29. The second-order valence-corrected chi connectivity index (χ2v) is 5.11. The summed E-state index contributed by atoms with van der Waals surface area (Å²) in [4.78, 5) is 10.3. The predicted molar refractivity (Wildman–Crippen MR) is 64.1 cm³/mol. The van der Waals surface area contributed by atoms with Gasteiger partial charge < -0.3 is 15.2 Å². The third-order valence-corrected chi connectivity index (χ3v) is 2.25. The Morgan fingerprint density at radius 2 is 1.94 bits per heavy atom. The van der Waals surface area contributed by atoms with Crippen molar-refractivity contribution in [3.63, 3.8) is 0 Å². The number of aliphatic hydroxyl groups excluding tert-OH is 1. The van der Waals surface area contributed by atoms with Crippen LogP contribution in [0.15, 0.2) is 0 Å². The van der Waals surface area contributed by atoms with E-state index < -0.39 is 18.2 Å². The van der Waals surface area contributed by atoms with Gasteiger partial charge in [0.05, 0.1) is 0 Å². The zero-order valence-corrected chi connectivity index (χ0v) is 11.0. The lowest BCUT2D eigenvalue weighted by Gasteiger charge is -2.19. The Morgan fingerprint density at radius 3 is 2.18 bits per heavy atom. The van der Waals surface area contributed by atoms with Crippen molar-refractivity contribution < 1.29 is 19.7 Å². The molecule has 17 heavy (non-hydrogen) atoms. The number of hydrogen-bond acceptors (Lipinski definition) is 4. The summed E-state index contributed by atoms with van der Waals surface area (Å²) < 4.78 is 4.64. The van der Waals surface area contributed by atoms with Crippen molar-refractivity contribution in [2.75, 3.05) is 26.3 Å². The van der Waals surface area contributed by atoms with E-state index in [0.717, 1.165) is 25.9 Å². The molecule has 0 unspecified atom stereocenters. The molecular formula is C12H24NO4. The second-order valence-electron chi connectivity index (χ2n) is 5.11. The molecule has 0 amide bonds. The number of carbonyl (C=O) groups is 1. The molecule has 2 N–H and O–H groups in total. The van der Waals surface area contributed by atoms with Gasteiger partial charge in [0.2, 0.25) is 0 Å². The number of rotatable bonds is 2. The highest BCUT2D eigenvalue weighted by atomic mass is 16.6. The van der Waals surface area contributed by atoms with Gasteiger partial charge >= 0.3 is 5.97 Å². The van der Waals surface area contributed by atoms with Crippen LogP contribution in [0.25, 0.3) is 0 Å². The van der Waals surface area contributed by atoms with Crippen LogP contribution >= 0.6 is 0 Å². The summed E-state index contributed by atoms with van der Waals surface area (Å²) in [6, 6.07) is 0. The molecular weight excluding hydrogens is 208 g/mol. The number of carbonyl (C=O) groups excluding carboxylic acids is 1. The van der Waals surface area contributed by atoms with Crippen LogP contribution in [0.3, 0.4) is 0 Å². The summed E-state index contributed by atoms with van der Waals surface area (Å²) in [6.07, 6.45) is 2.30. The molecule has 1 radical (unpaired) electrons. The highest BCUT2D eigenvalue weighted by Gasteiger charge is 2.14. The Bertz CT molecular complexity index is 207. The fourth-order valence-electron chi connectivity index (χ4n) is 1.44. The minimum absolute atomic E-state index is 0.377. The van der Waals surface area contributed by atoms with Gasteiger partial charge in [-0.3, -0.25) is 0 Å². The first-order chi connectivity index (χ1) is 7.89. The van der Waals surface area contributed by atoms with Crippen molar-refractivity contribution >= 4 is 5.97 Å². The van der Waals surface area contributed by atoms with E-state index in [2.05, 4.69) is 10.1 Å². The third-order valence-electron chi connectivity index (χ3n) is 2.25. The van der Waals surface area contributed by atoms with Crippen molar-refractivity contribution in [1.29, 1.82) is 0 Å². The van der Waals surface area contributed by atoms with E-state index >= 15 is 0 Å². The van der Waals surface area contributed by atoms with Crippen LogP contribution in [0.1, 0.15) is 33.6 Å². The Labute approximate surface area is 103 Å². The molecule has 1 fully saturated rings. The largest absolute Gasteiger partial charge is 0.458 e. The number of hydrogen-bond donors (Lipinski definition) is 2. The Balaban J connectivity index is 0.000000302. The van der Waals surface area contributed by atoms with E-state index in [0.29, 0.717) is 12.5 Å². The molecule has 0 aliphatic carbocycles. The van der Waals surface area contributed by atoms with Gasteiger partial charge in [-0.05, 0) is 52.6 Å². The maximum atomic E-state index is 10.3. The van der Waals surface area contributed by atoms with Crippen LogP contribution in [0.5, 0.6) is 0 Å². The molecule has 0 aromatic rings. The maximum Gasteiger partial charge on any atom is 0.335 e. The summed E-state index contributed by atoms with van der Waals surface area (Å²) >= 11 is 0. The van der Waals surface area contributed by atoms with Crippen molar-refractivity contribution in [3.05, 3.63) is 0 Å². The molecule has 0 bridgehead atoms. The molecule has 1 saturated heterocycles. The standard InChI is InChI=1S/C6H13NO.C6H11O3/c8-5-6-1-3-7-4-2-6;1-6(2,3)9-5(8)4-7/h6-8H,1-5H2;4H2,1-3H3/i;7-14. The zero-order chi connectivity index (χ0) is 13.3. The third kappa shape index (κ3) is 10.2. The van der Waals surface area contributed by atoms with Crippen molar-refractivity contribution in [2.24, 2.45) is 5.92 Å². The molecule has 0 aromatic carbocycles. The maximum absolute atomic E-state index is 10.3. The minimum Gasteiger partial charge on any atom is -0.458 e. The fourth-order valence-corrected chi connectivity index (χ4v) is 1.44. The molecule has 5 nitrogen and oxygen atoms in total. The molecule has 0 atom stereocenters. The first kappa shape index (κ1) is 16.4. The Morgan fingerprint density at radius 1 is 1.41 bits per heavy atom. The zero-order valence-electron chi connectivity index (χ0n) is 11.0. The average Bonchev–Trinajstić information content (AvgIpc) is 2.28. The normalized spacial score (nSPS) is 17.0. The molecule has 1 heterocycles. The van der Waals surface area contributed by atoms with Crippen LogP contribution in [0, 0.1) is 5.92 Å². The number of nitrogens with one attached hydrogen (secondary N) is 1. The smallest absolute Gasteiger partial charge is 0.335 e. The van der Waals surface area contributed by atoms with Gasteiger partial charge in [0.25, 0.3) is 0 Å². The van der Waals surface area contributed by atoms with Crippen LogP contribution in [-0.4, -0.2) is 43.0 Å². The second kappa shape index (κ2) is 8.44. The number of ether oxygens (including phenoxy) is 1. The summed E-state index contributed by atoms with van der Waals surface area (Å²) in [5.74, 6) is -0.112. The van der Waals surface area contributed by atoms with E-state index in [4.69, 9.17) is 5.11 Å². The molecule has 1 rings (SSSR count). The van der Waals surface area contributed by atoms with Crippen LogP contribution in [-0.2, 0) is 14.6 Å². The molecule has 5 heteroatoms. The van der Waals surface area contributed by atoms with E-state index in [-0.39, 0.29) is 0 Å².